The summed E-state index contributed by atoms with van der Waals surface area (Å²) in [6.45, 7) is 7.37. The minimum Gasteiger partial charge on any atom is -0.393 e. The summed E-state index contributed by atoms with van der Waals surface area (Å²) < 4.78 is 8.92. The van der Waals surface area contributed by atoms with Crippen molar-refractivity contribution >= 4 is 23.9 Å². The molecule has 6 nitrogen and oxygen atoms in total. The average Bonchev–Trinajstić information content (AvgIpc) is 3.30. The van der Waals surface area contributed by atoms with Gasteiger partial charge in [-0.05, 0) is 51.4 Å². The molecular formula is C28H40O6. The largest absolute Gasteiger partial charge is 0.393 e. The smallest absolute Gasteiger partial charge is 0.321 e. The summed E-state index contributed by atoms with van der Waals surface area (Å²) in [5, 5.41) is 0. The Bertz CT molecular complexity index is 671. The molecule has 2 rings (SSSR count). The number of unbranched alkanes of at least 4 members (excludes halogenated alkanes) is 10. The molecule has 0 amide bonds. The minimum absolute atomic E-state index is 0.203. The Balaban J connectivity index is 0.000000340. The number of allylic oxidation sites excluding steroid dienone is 4. The van der Waals surface area contributed by atoms with Crippen LogP contribution in [0.3, 0.4) is 0 Å². The molecule has 0 N–H and O–H groups in total. The molecule has 0 aromatic rings. The Morgan fingerprint density at radius 2 is 0.941 bits per heavy atom. The normalized spacial score (nSPS) is 19.9. The van der Waals surface area contributed by atoms with Crippen LogP contribution in [0.2, 0.25) is 0 Å². The number of hydrogen-bond donors (Lipinski definition) is 0. The first-order valence-electron chi connectivity index (χ1n) is 12.5. The number of esters is 4. The SMILES string of the molecule is C=CCCCCCC/C=C/C1CC(=O)OC1=O.C=CCCCCCC/C=C\C1CC(=O)OC1=O. The zero-order valence-corrected chi connectivity index (χ0v) is 20.4. The third-order valence-corrected chi connectivity index (χ3v) is 5.60. The Morgan fingerprint density at radius 3 is 1.24 bits per heavy atom. The van der Waals surface area contributed by atoms with Crippen molar-refractivity contribution in [2.45, 2.75) is 89.9 Å². The molecular weight excluding hydrogens is 432 g/mol. The lowest BCUT2D eigenvalue weighted by atomic mass is 10.1. The van der Waals surface area contributed by atoms with E-state index < -0.39 is 23.9 Å². The molecule has 0 radical (unpaired) electrons. The van der Waals surface area contributed by atoms with Crippen molar-refractivity contribution in [1.29, 1.82) is 0 Å². The van der Waals surface area contributed by atoms with Gasteiger partial charge in [-0.15, -0.1) is 13.2 Å². The van der Waals surface area contributed by atoms with Crippen LogP contribution >= 0.6 is 0 Å². The fourth-order valence-corrected chi connectivity index (χ4v) is 3.61. The summed E-state index contributed by atoms with van der Waals surface area (Å²) in [6.07, 6.45) is 25.5. The first-order chi connectivity index (χ1) is 16.5. The number of carbonyl (C=O) groups excluding carboxylic acids is 4. The van der Waals surface area contributed by atoms with Crippen molar-refractivity contribution < 1.29 is 28.7 Å². The van der Waals surface area contributed by atoms with Crippen molar-refractivity contribution in [3.8, 4) is 0 Å². The summed E-state index contributed by atoms with van der Waals surface area (Å²) in [4.78, 5) is 43.9. The molecule has 2 aliphatic rings. The van der Waals surface area contributed by atoms with E-state index in [0.29, 0.717) is 0 Å². The second kappa shape index (κ2) is 18.6. The zero-order valence-electron chi connectivity index (χ0n) is 20.4. The molecule has 0 aromatic carbocycles. The van der Waals surface area contributed by atoms with E-state index in [-0.39, 0.29) is 24.7 Å². The summed E-state index contributed by atoms with van der Waals surface area (Å²) in [6, 6.07) is 0. The van der Waals surface area contributed by atoms with E-state index in [9.17, 15) is 19.2 Å². The molecule has 2 atom stereocenters. The third kappa shape index (κ3) is 13.7. The maximum absolute atomic E-state index is 11.1. The van der Waals surface area contributed by atoms with E-state index in [0.717, 1.165) is 38.5 Å². The monoisotopic (exact) mass is 472 g/mol. The fourth-order valence-electron chi connectivity index (χ4n) is 3.61. The van der Waals surface area contributed by atoms with Crippen molar-refractivity contribution in [3.05, 3.63) is 49.6 Å². The molecule has 6 heteroatoms. The van der Waals surface area contributed by atoms with E-state index in [1.54, 1.807) is 12.2 Å². The van der Waals surface area contributed by atoms with Crippen LogP contribution in [0.25, 0.3) is 0 Å². The van der Waals surface area contributed by atoms with Crippen LogP contribution in [-0.4, -0.2) is 23.9 Å². The average molecular weight is 473 g/mol. The summed E-state index contributed by atoms with van der Waals surface area (Å²) in [5.41, 5.74) is 0. The molecule has 2 fully saturated rings. The van der Waals surface area contributed by atoms with Gasteiger partial charge in [0.2, 0.25) is 0 Å². The van der Waals surface area contributed by atoms with E-state index in [1.165, 1.54) is 38.5 Å². The topological polar surface area (TPSA) is 86.7 Å². The highest BCUT2D eigenvalue weighted by Crippen LogP contribution is 2.18. The van der Waals surface area contributed by atoms with Crippen LogP contribution in [0.1, 0.15) is 89.9 Å². The number of cyclic esters (lactones) is 4. The van der Waals surface area contributed by atoms with Gasteiger partial charge in [0.05, 0.1) is 24.7 Å². The standard InChI is InChI=1S/2C14H20O3/c2*1-2-3-4-5-6-7-8-9-10-12-11-13(15)17-14(12)16/h2*2,9-10,12H,1,3-8,11H2/b10-9+;10-9-. The molecule has 0 aromatic heterocycles. The van der Waals surface area contributed by atoms with Gasteiger partial charge >= 0.3 is 23.9 Å². The first-order valence-corrected chi connectivity index (χ1v) is 12.5. The van der Waals surface area contributed by atoms with E-state index >= 15 is 0 Å². The molecule has 34 heavy (non-hydrogen) atoms. The van der Waals surface area contributed by atoms with Crippen LogP contribution in [0.15, 0.2) is 49.6 Å². The van der Waals surface area contributed by atoms with Crippen molar-refractivity contribution in [1.82, 2.24) is 0 Å². The number of carbonyl (C=O) groups is 4. The summed E-state index contributed by atoms with van der Waals surface area (Å²) in [7, 11) is 0. The Hall–Kier alpha value is -2.76. The van der Waals surface area contributed by atoms with Crippen LogP contribution < -0.4 is 0 Å². The quantitative estimate of drug-likeness (QED) is 0.113. The van der Waals surface area contributed by atoms with Gasteiger partial charge in [-0.3, -0.25) is 19.2 Å². The Kier molecular flexibility index (Phi) is 16.1. The van der Waals surface area contributed by atoms with E-state index in [2.05, 4.69) is 22.6 Å². The minimum atomic E-state index is -0.408. The molecule has 0 bridgehead atoms. The van der Waals surface area contributed by atoms with Gasteiger partial charge in [-0.1, -0.05) is 62.1 Å². The predicted octanol–water partition coefficient (Wildman–Crippen LogP) is 6.32. The van der Waals surface area contributed by atoms with Crippen molar-refractivity contribution in [2.75, 3.05) is 0 Å². The second-order valence-corrected chi connectivity index (χ2v) is 8.62. The zero-order chi connectivity index (χ0) is 25.0. The van der Waals surface area contributed by atoms with Crippen LogP contribution in [-0.2, 0) is 28.7 Å². The molecule has 188 valence electrons. The lowest BCUT2D eigenvalue weighted by Crippen LogP contribution is -2.03. The van der Waals surface area contributed by atoms with Gasteiger partial charge in [0, 0.05) is 0 Å². The highest BCUT2D eigenvalue weighted by Gasteiger charge is 2.31. The van der Waals surface area contributed by atoms with Gasteiger partial charge in [0.25, 0.3) is 0 Å². The lowest BCUT2D eigenvalue weighted by Gasteiger charge is -1.97. The molecule has 2 aliphatic heterocycles. The Labute approximate surface area is 204 Å². The highest BCUT2D eigenvalue weighted by atomic mass is 16.6. The fraction of sp³-hybridized carbons (Fsp3) is 0.571. The lowest BCUT2D eigenvalue weighted by molar-refractivity contribution is -0.154. The van der Waals surface area contributed by atoms with Gasteiger partial charge < -0.3 is 9.47 Å². The van der Waals surface area contributed by atoms with E-state index in [4.69, 9.17) is 0 Å². The van der Waals surface area contributed by atoms with Crippen molar-refractivity contribution in [3.63, 3.8) is 0 Å². The van der Waals surface area contributed by atoms with Crippen molar-refractivity contribution in [2.24, 2.45) is 11.8 Å². The summed E-state index contributed by atoms with van der Waals surface area (Å²) in [5.74, 6) is -2.32. The van der Waals surface area contributed by atoms with Gasteiger partial charge in [0.1, 0.15) is 0 Å². The maximum atomic E-state index is 11.1. The van der Waals surface area contributed by atoms with Crippen LogP contribution in [0.4, 0.5) is 0 Å². The third-order valence-electron chi connectivity index (χ3n) is 5.60. The molecule has 0 saturated carbocycles. The number of rotatable bonds is 16. The molecule has 2 saturated heterocycles. The highest BCUT2D eigenvalue weighted by molar-refractivity contribution is 5.96. The van der Waals surface area contributed by atoms with Gasteiger partial charge in [0.15, 0.2) is 0 Å². The molecule has 0 spiro atoms. The number of ether oxygens (including phenoxy) is 2. The maximum Gasteiger partial charge on any atom is 0.321 e. The van der Waals surface area contributed by atoms with Gasteiger partial charge in [-0.25, -0.2) is 0 Å². The first kappa shape index (κ1) is 29.3. The Morgan fingerprint density at radius 1 is 0.588 bits per heavy atom. The van der Waals surface area contributed by atoms with Crippen LogP contribution in [0.5, 0.6) is 0 Å². The van der Waals surface area contributed by atoms with Gasteiger partial charge in [-0.2, -0.15) is 0 Å². The molecule has 2 heterocycles. The molecule has 2 unspecified atom stereocenters. The van der Waals surface area contributed by atoms with Crippen LogP contribution in [0, 0.1) is 11.8 Å². The number of hydrogen-bond acceptors (Lipinski definition) is 6. The summed E-state index contributed by atoms with van der Waals surface area (Å²) >= 11 is 0. The van der Waals surface area contributed by atoms with E-state index in [1.807, 2.05) is 24.3 Å². The predicted molar refractivity (Wildman–Crippen MR) is 132 cm³/mol. The molecule has 0 aliphatic carbocycles. The second-order valence-electron chi connectivity index (χ2n) is 8.62.